The first-order valence-electron chi connectivity index (χ1n) is 5.88. The molecule has 1 aromatic carbocycles. The Kier molecular flexibility index (Phi) is 4.07. The topological polar surface area (TPSA) is 105 Å². The monoisotopic (exact) mass is 271 g/mol. The minimum absolute atomic E-state index is 0.0876. The molecule has 6 heteroatoms. The lowest BCUT2D eigenvalue weighted by Gasteiger charge is -2.12. The van der Waals surface area contributed by atoms with Gasteiger partial charge in [-0.25, -0.2) is 9.78 Å². The smallest absolute Gasteiger partial charge is 0.354 e. The molecule has 0 saturated carbocycles. The van der Waals surface area contributed by atoms with Gasteiger partial charge in [0.1, 0.15) is 11.7 Å². The second kappa shape index (κ2) is 5.94. The minimum Gasteiger partial charge on any atom is -0.477 e. The predicted octanol–water partition coefficient (Wildman–Crippen LogP) is 1.42. The third kappa shape index (κ3) is 3.18. The van der Waals surface area contributed by atoms with Crippen molar-refractivity contribution in [2.75, 3.05) is 5.32 Å². The van der Waals surface area contributed by atoms with Crippen molar-refractivity contribution in [3.05, 3.63) is 59.9 Å². The highest BCUT2D eigenvalue weighted by Crippen LogP contribution is 2.13. The number of carbonyl (C=O) groups is 2. The average Bonchev–Trinajstić information content (AvgIpc) is 2.48. The van der Waals surface area contributed by atoms with E-state index in [4.69, 9.17) is 10.8 Å². The lowest BCUT2D eigenvalue weighted by atomic mass is 10.1. The molecule has 0 saturated heterocycles. The molecule has 1 unspecified atom stereocenters. The molecule has 0 radical (unpaired) electrons. The molecule has 6 nitrogen and oxygen atoms in total. The molecule has 2 rings (SSSR count). The number of amides is 1. The van der Waals surface area contributed by atoms with Crippen LogP contribution in [0.3, 0.4) is 0 Å². The molecule has 1 atom stereocenters. The molecule has 0 bridgehead atoms. The number of nitrogens with zero attached hydrogens (tertiary/aromatic N) is 1. The van der Waals surface area contributed by atoms with E-state index in [1.165, 1.54) is 18.3 Å². The van der Waals surface area contributed by atoms with E-state index in [1.807, 2.05) is 6.07 Å². The summed E-state index contributed by atoms with van der Waals surface area (Å²) < 4.78 is 0. The third-order valence-corrected chi connectivity index (χ3v) is 2.69. The normalized spacial score (nSPS) is 11.7. The second-order valence-electron chi connectivity index (χ2n) is 4.11. The fourth-order valence-corrected chi connectivity index (χ4v) is 1.63. The van der Waals surface area contributed by atoms with E-state index in [1.54, 1.807) is 24.3 Å². The highest BCUT2D eigenvalue weighted by molar-refractivity contribution is 5.95. The maximum absolute atomic E-state index is 12.0. The summed E-state index contributed by atoms with van der Waals surface area (Å²) >= 11 is 0. The first-order chi connectivity index (χ1) is 9.58. The summed E-state index contributed by atoms with van der Waals surface area (Å²) in [6.45, 7) is 0. The van der Waals surface area contributed by atoms with E-state index < -0.39 is 12.0 Å². The Bertz CT molecular complexity index is 611. The number of carbonyl (C=O) groups excluding carboxylic acids is 1. The van der Waals surface area contributed by atoms with Crippen molar-refractivity contribution in [3.63, 3.8) is 0 Å². The maximum Gasteiger partial charge on any atom is 0.354 e. The number of carboxylic acid groups (broad SMARTS) is 1. The third-order valence-electron chi connectivity index (χ3n) is 2.69. The van der Waals surface area contributed by atoms with Crippen molar-refractivity contribution < 1.29 is 14.7 Å². The molecule has 0 aliphatic rings. The second-order valence-corrected chi connectivity index (χ2v) is 4.11. The zero-order chi connectivity index (χ0) is 14.5. The number of hydrogen-bond donors (Lipinski definition) is 3. The van der Waals surface area contributed by atoms with Crippen molar-refractivity contribution in [2.45, 2.75) is 6.04 Å². The van der Waals surface area contributed by atoms with E-state index in [2.05, 4.69) is 10.3 Å². The summed E-state index contributed by atoms with van der Waals surface area (Å²) in [5.41, 5.74) is 6.84. The van der Waals surface area contributed by atoms with E-state index >= 15 is 0 Å². The molecule has 0 aliphatic carbocycles. The number of hydrogen-bond acceptors (Lipinski definition) is 4. The van der Waals surface area contributed by atoms with Crippen LogP contribution in [0.1, 0.15) is 22.1 Å². The van der Waals surface area contributed by atoms with E-state index in [9.17, 15) is 9.59 Å². The van der Waals surface area contributed by atoms with Crippen LogP contribution in [0.4, 0.5) is 5.69 Å². The molecule has 0 aliphatic heterocycles. The SMILES string of the molecule is NC(C(=O)Nc1ccc(C(=O)O)nc1)c1ccccc1. The summed E-state index contributed by atoms with van der Waals surface area (Å²) in [5.74, 6) is -1.51. The number of aromatic nitrogens is 1. The number of aromatic carboxylic acids is 1. The van der Waals surface area contributed by atoms with Gasteiger partial charge >= 0.3 is 5.97 Å². The number of anilines is 1. The molecule has 0 spiro atoms. The van der Waals surface area contributed by atoms with Gasteiger partial charge in [-0.05, 0) is 17.7 Å². The van der Waals surface area contributed by atoms with Crippen molar-refractivity contribution in [2.24, 2.45) is 5.73 Å². The summed E-state index contributed by atoms with van der Waals surface area (Å²) in [4.78, 5) is 26.3. The molecule has 20 heavy (non-hydrogen) atoms. The van der Waals surface area contributed by atoms with Crippen LogP contribution >= 0.6 is 0 Å². The van der Waals surface area contributed by atoms with Gasteiger partial charge < -0.3 is 16.2 Å². The zero-order valence-electron chi connectivity index (χ0n) is 10.5. The number of carboxylic acids is 1. The molecule has 2 aromatic rings. The Labute approximate surface area is 115 Å². The molecule has 1 heterocycles. The molecule has 4 N–H and O–H groups in total. The van der Waals surface area contributed by atoms with Crippen LogP contribution in [0.2, 0.25) is 0 Å². The van der Waals surface area contributed by atoms with Crippen LogP contribution in [-0.2, 0) is 4.79 Å². The van der Waals surface area contributed by atoms with Crippen molar-refractivity contribution in [1.82, 2.24) is 4.98 Å². The molecular weight excluding hydrogens is 258 g/mol. The van der Waals surface area contributed by atoms with E-state index in [0.717, 1.165) is 0 Å². The van der Waals surface area contributed by atoms with Gasteiger partial charge in [0.2, 0.25) is 5.91 Å². The predicted molar refractivity (Wildman–Crippen MR) is 73.2 cm³/mol. The lowest BCUT2D eigenvalue weighted by molar-refractivity contribution is -0.117. The van der Waals surface area contributed by atoms with Gasteiger partial charge in [-0.1, -0.05) is 30.3 Å². The van der Waals surface area contributed by atoms with Crippen LogP contribution in [0.5, 0.6) is 0 Å². The average molecular weight is 271 g/mol. The van der Waals surface area contributed by atoms with Crippen LogP contribution in [0, 0.1) is 0 Å². The van der Waals surface area contributed by atoms with Crippen molar-refractivity contribution in [1.29, 1.82) is 0 Å². The van der Waals surface area contributed by atoms with Crippen molar-refractivity contribution >= 4 is 17.6 Å². The van der Waals surface area contributed by atoms with Gasteiger partial charge in [-0.3, -0.25) is 4.79 Å². The summed E-state index contributed by atoms with van der Waals surface area (Å²) in [5, 5.41) is 11.3. The Hall–Kier alpha value is -2.73. The Morgan fingerprint density at radius 1 is 1.15 bits per heavy atom. The summed E-state index contributed by atoms with van der Waals surface area (Å²) in [7, 11) is 0. The standard InChI is InChI=1S/C14H13N3O3/c15-12(9-4-2-1-3-5-9)13(18)17-10-6-7-11(14(19)20)16-8-10/h1-8,12H,15H2,(H,17,18)(H,19,20). The summed E-state index contributed by atoms with van der Waals surface area (Å²) in [6, 6.07) is 10.9. The fraction of sp³-hybridized carbons (Fsp3) is 0.0714. The number of pyridine rings is 1. The van der Waals surface area contributed by atoms with Gasteiger partial charge in [-0.2, -0.15) is 0 Å². The van der Waals surface area contributed by atoms with Gasteiger partial charge in [-0.15, -0.1) is 0 Å². The quantitative estimate of drug-likeness (QED) is 0.779. The van der Waals surface area contributed by atoms with Crippen LogP contribution < -0.4 is 11.1 Å². The number of rotatable bonds is 4. The molecule has 1 amide bonds. The van der Waals surface area contributed by atoms with Crippen LogP contribution in [0.25, 0.3) is 0 Å². The van der Waals surface area contributed by atoms with Crippen LogP contribution in [0.15, 0.2) is 48.7 Å². The van der Waals surface area contributed by atoms with E-state index in [-0.39, 0.29) is 11.6 Å². The van der Waals surface area contributed by atoms with E-state index in [0.29, 0.717) is 11.3 Å². The lowest BCUT2D eigenvalue weighted by Crippen LogP contribution is -2.27. The first-order valence-corrected chi connectivity index (χ1v) is 5.88. The molecular formula is C14H13N3O3. The highest BCUT2D eigenvalue weighted by atomic mass is 16.4. The Morgan fingerprint density at radius 3 is 2.40 bits per heavy atom. The molecule has 0 fully saturated rings. The molecule has 1 aromatic heterocycles. The van der Waals surface area contributed by atoms with Gasteiger partial charge in [0.25, 0.3) is 0 Å². The Balaban J connectivity index is 2.06. The van der Waals surface area contributed by atoms with Gasteiger partial charge in [0.15, 0.2) is 0 Å². The number of nitrogens with one attached hydrogen (secondary N) is 1. The van der Waals surface area contributed by atoms with Gasteiger partial charge in [0, 0.05) is 0 Å². The number of nitrogens with two attached hydrogens (primary N) is 1. The first kappa shape index (κ1) is 13.7. The maximum atomic E-state index is 12.0. The van der Waals surface area contributed by atoms with Crippen LogP contribution in [-0.4, -0.2) is 22.0 Å². The largest absolute Gasteiger partial charge is 0.477 e. The van der Waals surface area contributed by atoms with Gasteiger partial charge in [0.05, 0.1) is 11.9 Å². The minimum atomic E-state index is -1.12. The zero-order valence-corrected chi connectivity index (χ0v) is 10.5. The number of benzene rings is 1. The molecule has 102 valence electrons. The highest BCUT2D eigenvalue weighted by Gasteiger charge is 2.15. The summed E-state index contributed by atoms with van der Waals surface area (Å²) in [6.07, 6.45) is 1.28. The Morgan fingerprint density at radius 2 is 1.85 bits per heavy atom. The van der Waals surface area contributed by atoms with Crippen molar-refractivity contribution in [3.8, 4) is 0 Å². The fourth-order valence-electron chi connectivity index (χ4n) is 1.63.